The molecule has 35 heavy (non-hydrogen) atoms. The molecule has 186 valence electrons. The predicted octanol–water partition coefficient (Wildman–Crippen LogP) is 6.19. The number of carboxylic acids is 1. The topological polar surface area (TPSA) is 80.7 Å². The van der Waals surface area contributed by atoms with Gasteiger partial charge in [-0.2, -0.15) is 0 Å². The number of ketones is 1. The van der Waals surface area contributed by atoms with Crippen LogP contribution in [0.2, 0.25) is 0 Å². The van der Waals surface area contributed by atoms with Gasteiger partial charge in [-0.3, -0.25) is 4.79 Å². The summed E-state index contributed by atoms with van der Waals surface area (Å²) < 4.78 is 6.89. The van der Waals surface area contributed by atoms with Crippen molar-refractivity contribution in [3.63, 3.8) is 0 Å². The van der Waals surface area contributed by atoms with Crippen LogP contribution in [-0.2, 0) is 14.3 Å². The highest BCUT2D eigenvalue weighted by atomic mass is 127. The van der Waals surface area contributed by atoms with Crippen molar-refractivity contribution in [2.24, 2.45) is 28.6 Å². The van der Waals surface area contributed by atoms with Crippen LogP contribution < -0.4 is 0 Å². The number of allylic oxidation sites excluding steroid dienone is 4. The molecule has 0 unspecified atom stereocenters. The molecule has 1 aromatic rings. The van der Waals surface area contributed by atoms with Crippen LogP contribution in [0.5, 0.6) is 0 Å². The summed E-state index contributed by atoms with van der Waals surface area (Å²) >= 11 is 9.69. The molecule has 0 spiro atoms. The molecular formula is C28H30ClIO5. The standard InChI is InChI=1S/C28H30ClIO5/c1-16-13-22-20-8-10-28(24(33)34,35-23(32)17-5-4-6-18(30)14-17)26(20,3)11-12-27(22,29)25(2)9-7-19(31)15-21(16)25/h4-7,9,14-16,20,22H,8,10-13H2,1-3H3,(H,33,34)/t16-,20-,22-,25-,26-,27+,28-/m0/s1. The average molecular weight is 609 g/mol. The molecule has 5 nitrogen and oxygen atoms in total. The summed E-state index contributed by atoms with van der Waals surface area (Å²) in [6.07, 6.45) is 8.14. The van der Waals surface area contributed by atoms with Crippen molar-refractivity contribution in [3.8, 4) is 0 Å². The fraction of sp³-hybridized carbons (Fsp3) is 0.536. The van der Waals surface area contributed by atoms with Crippen molar-refractivity contribution in [1.82, 2.24) is 0 Å². The number of carboxylic acid groups (broad SMARTS) is 1. The van der Waals surface area contributed by atoms with E-state index in [1.807, 2.05) is 19.1 Å². The quantitative estimate of drug-likeness (QED) is 0.252. The number of rotatable bonds is 3. The van der Waals surface area contributed by atoms with Gasteiger partial charge in [0.2, 0.25) is 5.60 Å². The molecule has 3 saturated carbocycles. The number of ether oxygens (including phenoxy) is 1. The van der Waals surface area contributed by atoms with E-state index in [4.69, 9.17) is 16.3 Å². The van der Waals surface area contributed by atoms with Gasteiger partial charge in [0, 0.05) is 14.4 Å². The van der Waals surface area contributed by atoms with Crippen LogP contribution in [0.1, 0.15) is 63.2 Å². The van der Waals surface area contributed by atoms with Crippen LogP contribution in [-0.4, -0.2) is 33.3 Å². The Kier molecular flexibility index (Phi) is 5.83. The van der Waals surface area contributed by atoms with E-state index in [-0.39, 0.29) is 30.0 Å². The summed E-state index contributed by atoms with van der Waals surface area (Å²) in [5.41, 5.74) is -1.39. The zero-order valence-electron chi connectivity index (χ0n) is 20.1. The highest BCUT2D eigenvalue weighted by Gasteiger charge is 2.73. The number of carbonyl (C=O) groups excluding carboxylic acids is 2. The Hall–Kier alpha value is -1.67. The van der Waals surface area contributed by atoms with Crippen LogP contribution in [0.4, 0.5) is 0 Å². The van der Waals surface area contributed by atoms with Crippen LogP contribution in [0.15, 0.2) is 48.1 Å². The van der Waals surface area contributed by atoms with Gasteiger partial charge in [0.15, 0.2) is 5.78 Å². The summed E-state index contributed by atoms with van der Waals surface area (Å²) in [7, 11) is 0. The Morgan fingerprint density at radius 3 is 2.60 bits per heavy atom. The van der Waals surface area contributed by atoms with Gasteiger partial charge in [-0.05, 0) is 103 Å². The lowest BCUT2D eigenvalue weighted by atomic mass is 9.45. The molecular weight excluding hydrogens is 579 g/mol. The fourth-order valence-corrected chi connectivity index (χ4v) is 8.92. The first-order chi connectivity index (χ1) is 16.4. The van der Waals surface area contributed by atoms with Gasteiger partial charge in [-0.1, -0.05) is 38.5 Å². The second-order valence-electron chi connectivity index (χ2n) is 11.2. The lowest BCUT2D eigenvalue weighted by molar-refractivity contribution is -0.181. The van der Waals surface area contributed by atoms with Crippen molar-refractivity contribution < 1.29 is 24.2 Å². The van der Waals surface area contributed by atoms with Gasteiger partial charge in [0.05, 0.1) is 10.4 Å². The van der Waals surface area contributed by atoms with Gasteiger partial charge in [0.25, 0.3) is 0 Å². The minimum Gasteiger partial charge on any atom is -0.478 e. The lowest BCUT2D eigenvalue weighted by Gasteiger charge is -2.63. The number of benzene rings is 1. The van der Waals surface area contributed by atoms with Gasteiger partial charge < -0.3 is 9.84 Å². The Bertz CT molecular complexity index is 1190. The third kappa shape index (κ3) is 3.34. The zero-order valence-corrected chi connectivity index (χ0v) is 23.1. The van der Waals surface area contributed by atoms with Crippen molar-refractivity contribution in [1.29, 1.82) is 0 Å². The summed E-state index contributed by atoms with van der Waals surface area (Å²) in [5, 5.41) is 10.5. The van der Waals surface area contributed by atoms with E-state index >= 15 is 0 Å². The van der Waals surface area contributed by atoms with E-state index in [1.54, 1.807) is 30.4 Å². The molecule has 0 radical (unpaired) electrons. The van der Waals surface area contributed by atoms with Gasteiger partial charge >= 0.3 is 11.9 Å². The van der Waals surface area contributed by atoms with Gasteiger partial charge in [0.1, 0.15) is 0 Å². The van der Waals surface area contributed by atoms with Gasteiger partial charge in [-0.15, -0.1) is 11.6 Å². The number of aliphatic carboxylic acids is 1. The molecule has 0 aromatic heterocycles. The molecule has 0 aliphatic heterocycles. The predicted molar refractivity (Wildman–Crippen MR) is 141 cm³/mol. The molecule has 4 aliphatic carbocycles. The highest BCUT2D eigenvalue weighted by Crippen LogP contribution is 2.71. The smallest absolute Gasteiger partial charge is 0.348 e. The summed E-state index contributed by atoms with van der Waals surface area (Å²) in [4.78, 5) is 37.6. The SMILES string of the molecule is C[C@H]1C[C@H]2[C@@H]3CC[C@](OC(=O)c4cccc(I)c4)(C(=O)O)[C@@]3(C)CC[C@]2(Cl)[C@@]2(C)C=CC(=O)C=C12. The molecule has 0 bridgehead atoms. The monoisotopic (exact) mass is 608 g/mol. The molecule has 7 heteroatoms. The average Bonchev–Trinajstić information content (AvgIpc) is 3.10. The van der Waals surface area contributed by atoms with Crippen LogP contribution in [0, 0.1) is 32.2 Å². The Labute approximate surface area is 224 Å². The Morgan fingerprint density at radius 1 is 1.17 bits per heavy atom. The minimum absolute atomic E-state index is 0.00284. The highest BCUT2D eigenvalue weighted by molar-refractivity contribution is 14.1. The summed E-state index contributed by atoms with van der Waals surface area (Å²) in [5.74, 6) is -1.50. The van der Waals surface area contributed by atoms with E-state index in [0.29, 0.717) is 24.8 Å². The third-order valence-electron chi connectivity index (χ3n) is 9.78. The number of alkyl halides is 1. The maximum Gasteiger partial charge on any atom is 0.348 e. The minimum atomic E-state index is -1.60. The Balaban J connectivity index is 1.53. The van der Waals surface area contributed by atoms with E-state index in [1.165, 1.54) is 0 Å². The first kappa shape index (κ1) is 25.0. The van der Waals surface area contributed by atoms with Crippen LogP contribution in [0.25, 0.3) is 0 Å². The van der Waals surface area contributed by atoms with E-state index in [9.17, 15) is 19.5 Å². The molecule has 3 fully saturated rings. The van der Waals surface area contributed by atoms with E-state index in [2.05, 4.69) is 36.4 Å². The third-order valence-corrected chi connectivity index (χ3v) is 11.3. The number of hydrogen-bond donors (Lipinski definition) is 1. The second kappa shape index (κ2) is 8.17. The van der Waals surface area contributed by atoms with Gasteiger partial charge in [-0.25, -0.2) is 9.59 Å². The maximum absolute atomic E-state index is 13.2. The molecule has 7 atom stereocenters. The van der Waals surface area contributed by atoms with Crippen LogP contribution >= 0.6 is 34.2 Å². The molecule has 0 heterocycles. The van der Waals surface area contributed by atoms with Crippen molar-refractivity contribution >= 4 is 51.9 Å². The van der Waals surface area contributed by atoms with E-state index in [0.717, 1.165) is 15.6 Å². The number of halogens is 2. The number of esters is 1. The van der Waals surface area contributed by atoms with E-state index < -0.39 is 33.2 Å². The molecule has 0 saturated heterocycles. The number of hydrogen-bond acceptors (Lipinski definition) is 4. The lowest BCUT2D eigenvalue weighted by Crippen LogP contribution is -2.64. The normalized spacial score (nSPS) is 41.9. The molecule has 5 rings (SSSR count). The Morgan fingerprint density at radius 2 is 1.91 bits per heavy atom. The summed E-state index contributed by atoms with van der Waals surface area (Å²) in [6.45, 7) is 6.24. The van der Waals surface area contributed by atoms with Crippen LogP contribution in [0.3, 0.4) is 0 Å². The van der Waals surface area contributed by atoms with Crippen molar-refractivity contribution in [2.75, 3.05) is 0 Å². The van der Waals surface area contributed by atoms with Crippen molar-refractivity contribution in [3.05, 3.63) is 57.2 Å². The fourth-order valence-electron chi connectivity index (χ4n) is 7.87. The molecule has 0 amide bonds. The molecule has 1 aromatic carbocycles. The molecule has 1 N–H and O–H groups in total. The zero-order chi connectivity index (χ0) is 25.4. The maximum atomic E-state index is 13.2. The first-order valence-electron chi connectivity index (χ1n) is 12.2. The largest absolute Gasteiger partial charge is 0.478 e. The summed E-state index contributed by atoms with van der Waals surface area (Å²) in [6, 6.07) is 7.02. The second-order valence-corrected chi connectivity index (χ2v) is 13.2. The van der Waals surface area contributed by atoms with Crippen molar-refractivity contribution in [2.45, 2.75) is 63.4 Å². The number of fused-ring (bicyclic) bond motifs is 5. The molecule has 4 aliphatic rings. The first-order valence-corrected chi connectivity index (χ1v) is 13.7. The number of carbonyl (C=O) groups is 3.